The number of nitrogens with one attached hydrogen (secondary N) is 1. The third-order valence-corrected chi connectivity index (χ3v) is 6.37. The summed E-state index contributed by atoms with van der Waals surface area (Å²) < 4.78 is 1.68. The number of fused-ring (bicyclic) bond motifs is 5. The van der Waals surface area contributed by atoms with Crippen LogP contribution in [0.3, 0.4) is 0 Å². The molecular weight excluding hydrogens is 316 g/mol. The Morgan fingerprint density at radius 1 is 1.28 bits per heavy atom. The van der Waals surface area contributed by atoms with Gasteiger partial charge in [0, 0.05) is 32.7 Å². The summed E-state index contributed by atoms with van der Waals surface area (Å²) >= 11 is 0. The monoisotopic (exact) mass is 342 g/mol. The van der Waals surface area contributed by atoms with Gasteiger partial charge in [0.2, 0.25) is 0 Å². The number of hydrogen-bond acceptors (Lipinski definition) is 5. The second-order valence-corrected chi connectivity index (χ2v) is 8.13. The molecular formula is C18H26N6O. The average molecular weight is 342 g/mol. The molecule has 5 heterocycles. The number of hydrogen-bond donors (Lipinski definition) is 1. The molecule has 1 N–H and O–H groups in total. The lowest BCUT2D eigenvalue weighted by atomic mass is 9.76. The number of rotatable bonds is 2. The molecule has 3 aliphatic heterocycles. The zero-order chi connectivity index (χ0) is 17.0. The molecule has 2 aromatic rings. The molecule has 2 bridgehead atoms. The summed E-state index contributed by atoms with van der Waals surface area (Å²) in [5.74, 6) is 2.31. The predicted molar refractivity (Wildman–Crippen MR) is 95.2 cm³/mol. The highest BCUT2D eigenvalue weighted by atomic mass is 16.1. The Kier molecular flexibility index (Phi) is 3.67. The van der Waals surface area contributed by atoms with E-state index in [-0.39, 0.29) is 5.56 Å². The summed E-state index contributed by atoms with van der Waals surface area (Å²) in [6.45, 7) is 5.53. The van der Waals surface area contributed by atoms with Gasteiger partial charge in [0.25, 0.3) is 5.56 Å². The quantitative estimate of drug-likeness (QED) is 0.880. The molecule has 0 saturated carbocycles. The number of likely N-dealkylation sites (tertiary alicyclic amines) is 1. The van der Waals surface area contributed by atoms with Crippen LogP contribution in [-0.2, 0) is 13.6 Å². The van der Waals surface area contributed by atoms with E-state index in [2.05, 4.69) is 24.9 Å². The van der Waals surface area contributed by atoms with Crippen LogP contribution in [0.25, 0.3) is 11.0 Å². The van der Waals surface area contributed by atoms with E-state index < -0.39 is 0 Å². The highest BCUT2D eigenvalue weighted by molar-refractivity contribution is 5.72. The molecule has 5 rings (SSSR count). The maximum atomic E-state index is 12.3. The molecule has 3 atom stereocenters. The van der Waals surface area contributed by atoms with Crippen LogP contribution < -0.4 is 5.56 Å². The molecule has 7 nitrogen and oxygen atoms in total. The van der Waals surface area contributed by atoms with E-state index in [1.54, 1.807) is 10.9 Å². The van der Waals surface area contributed by atoms with Crippen LogP contribution in [0.1, 0.15) is 31.5 Å². The zero-order valence-corrected chi connectivity index (χ0v) is 14.8. The van der Waals surface area contributed by atoms with Crippen LogP contribution in [0.4, 0.5) is 0 Å². The fraction of sp³-hybridized carbons (Fsp3) is 0.722. The molecule has 3 saturated heterocycles. The normalized spacial score (nSPS) is 30.5. The summed E-state index contributed by atoms with van der Waals surface area (Å²) in [6, 6.07) is 0.777. The zero-order valence-electron chi connectivity index (χ0n) is 14.8. The summed E-state index contributed by atoms with van der Waals surface area (Å²) in [7, 11) is 1.83. The average Bonchev–Trinajstić information content (AvgIpc) is 2.96. The van der Waals surface area contributed by atoms with Gasteiger partial charge < -0.3 is 4.98 Å². The van der Waals surface area contributed by atoms with Gasteiger partial charge in [-0.25, -0.2) is 4.98 Å². The first-order valence-electron chi connectivity index (χ1n) is 9.54. The van der Waals surface area contributed by atoms with E-state index in [0.29, 0.717) is 11.0 Å². The minimum Gasteiger partial charge on any atom is -0.309 e. The molecule has 25 heavy (non-hydrogen) atoms. The third kappa shape index (κ3) is 2.69. The topological polar surface area (TPSA) is 70.1 Å². The Bertz CT molecular complexity index is 842. The van der Waals surface area contributed by atoms with Crippen molar-refractivity contribution >= 4 is 11.0 Å². The Balaban J connectivity index is 1.37. The van der Waals surface area contributed by atoms with E-state index in [4.69, 9.17) is 0 Å². The number of aromatic nitrogens is 4. The van der Waals surface area contributed by atoms with Crippen molar-refractivity contribution in [2.75, 3.05) is 26.2 Å². The Hall–Kier alpha value is -1.73. The van der Waals surface area contributed by atoms with Crippen molar-refractivity contribution < 1.29 is 0 Å². The van der Waals surface area contributed by atoms with E-state index in [0.717, 1.165) is 43.3 Å². The number of aromatic amines is 1. The van der Waals surface area contributed by atoms with Crippen molar-refractivity contribution in [3.05, 3.63) is 22.4 Å². The summed E-state index contributed by atoms with van der Waals surface area (Å²) in [5.41, 5.74) is 0.596. The molecule has 3 fully saturated rings. The van der Waals surface area contributed by atoms with E-state index in [1.165, 1.54) is 38.8 Å². The fourth-order valence-corrected chi connectivity index (χ4v) is 5.36. The van der Waals surface area contributed by atoms with Gasteiger partial charge in [-0.05, 0) is 37.6 Å². The molecule has 3 aliphatic rings. The van der Waals surface area contributed by atoms with Gasteiger partial charge in [0.15, 0.2) is 5.65 Å². The highest BCUT2D eigenvalue weighted by Gasteiger charge is 2.41. The maximum Gasteiger partial charge on any atom is 0.262 e. The fourth-order valence-electron chi connectivity index (χ4n) is 5.36. The standard InChI is InChI=1S/C18H26N6O/c1-22-17-14(7-19-22)18(25)21-16(20-17)11-23-8-12-6-13(10-23)15-4-2-3-5-24(15)9-12/h7,12-13,15H,2-6,8-11H2,1H3,(H,20,21,25)/t12-,13+,15-/m0/s1. The lowest BCUT2D eigenvalue weighted by molar-refractivity contribution is -0.0331. The van der Waals surface area contributed by atoms with Gasteiger partial charge in [-0.2, -0.15) is 5.10 Å². The molecule has 7 heteroatoms. The molecule has 0 aliphatic carbocycles. The van der Waals surface area contributed by atoms with Gasteiger partial charge in [0.05, 0.1) is 12.7 Å². The van der Waals surface area contributed by atoms with E-state index in [9.17, 15) is 4.79 Å². The van der Waals surface area contributed by atoms with Crippen molar-refractivity contribution in [3.63, 3.8) is 0 Å². The smallest absolute Gasteiger partial charge is 0.262 e. The highest BCUT2D eigenvalue weighted by Crippen LogP contribution is 2.37. The maximum absolute atomic E-state index is 12.3. The SMILES string of the molecule is Cn1ncc2c(=O)[nH]c(CN3C[C@@H]4C[C@H](C3)[C@@H]3CCCCN3C4)nc21. The van der Waals surface area contributed by atoms with Crippen LogP contribution in [0.2, 0.25) is 0 Å². The first kappa shape index (κ1) is 15.5. The van der Waals surface area contributed by atoms with Gasteiger partial charge >= 0.3 is 0 Å². The minimum absolute atomic E-state index is 0.0799. The summed E-state index contributed by atoms with van der Waals surface area (Å²) in [4.78, 5) is 25.1. The summed E-state index contributed by atoms with van der Waals surface area (Å²) in [6.07, 6.45) is 7.08. The number of aryl methyl sites for hydroxylation is 1. The molecule has 0 spiro atoms. The molecule has 134 valence electrons. The second-order valence-electron chi connectivity index (χ2n) is 8.13. The van der Waals surface area contributed by atoms with Crippen molar-refractivity contribution in [1.82, 2.24) is 29.5 Å². The number of H-pyrrole nitrogens is 1. The molecule has 2 aromatic heterocycles. The molecule has 0 radical (unpaired) electrons. The van der Waals surface area contributed by atoms with Crippen LogP contribution >= 0.6 is 0 Å². The van der Waals surface area contributed by atoms with E-state index >= 15 is 0 Å². The van der Waals surface area contributed by atoms with Crippen molar-refractivity contribution in [3.8, 4) is 0 Å². The van der Waals surface area contributed by atoms with Gasteiger partial charge in [0.1, 0.15) is 11.2 Å². The minimum atomic E-state index is -0.0799. The molecule has 0 amide bonds. The lowest BCUT2D eigenvalue weighted by Gasteiger charge is -2.52. The first-order valence-corrected chi connectivity index (χ1v) is 9.54. The predicted octanol–water partition coefficient (Wildman–Crippen LogP) is 0.963. The van der Waals surface area contributed by atoms with Crippen LogP contribution in [0, 0.1) is 11.8 Å². The van der Waals surface area contributed by atoms with Crippen molar-refractivity contribution in [1.29, 1.82) is 0 Å². The third-order valence-electron chi connectivity index (χ3n) is 6.37. The van der Waals surface area contributed by atoms with Crippen LogP contribution in [0.5, 0.6) is 0 Å². The van der Waals surface area contributed by atoms with E-state index in [1.807, 2.05) is 7.05 Å². The molecule has 0 unspecified atom stereocenters. The largest absolute Gasteiger partial charge is 0.309 e. The van der Waals surface area contributed by atoms with Gasteiger partial charge in [-0.1, -0.05) is 6.42 Å². The van der Waals surface area contributed by atoms with Crippen LogP contribution in [0.15, 0.2) is 11.0 Å². The lowest BCUT2D eigenvalue weighted by Crippen LogP contribution is -2.58. The Labute approximate surface area is 147 Å². The Morgan fingerprint density at radius 3 is 3.12 bits per heavy atom. The first-order chi connectivity index (χ1) is 12.2. The van der Waals surface area contributed by atoms with Crippen LogP contribution in [-0.4, -0.2) is 61.8 Å². The van der Waals surface area contributed by atoms with Gasteiger partial charge in [-0.15, -0.1) is 0 Å². The van der Waals surface area contributed by atoms with Crippen molar-refractivity contribution in [2.24, 2.45) is 18.9 Å². The second kappa shape index (κ2) is 5.92. The van der Waals surface area contributed by atoms with Gasteiger partial charge in [-0.3, -0.25) is 19.3 Å². The summed E-state index contributed by atoms with van der Waals surface area (Å²) in [5, 5.41) is 4.72. The Morgan fingerprint density at radius 2 is 2.20 bits per heavy atom. The molecule has 0 aromatic carbocycles. The van der Waals surface area contributed by atoms with Crippen molar-refractivity contribution in [2.45, 2.75) is 38.3 Å². The number of nitrogens with zero attached hydrogens (tertiary/aromatic N) is 5. The number of piperidine rings is 3.